The first-order valence-electron chi connectivity index (χ1n) is 6.28. The molecular formula is C14H19NO. The molecule has 1 aliphatic carbocycles. The molecule has 1 saturated heterocycles. The van der Waals surface area contributed by atoms with Crippen LogP contribution >= 0.6 is 0 Å². The van der Waals surface area contributed by atoms with Gasteiger partial charge in [0.05, 0.1) is 7.11 Å². The minimum atomic E-state index is 0.702. The van der Waals surface area contributed by atoms with E-state index in [-0.39, 0.29) is 0 Å². The summed E-state index contributed by atoms with van der Waals surface area (Å²) in [6.07, 6.45) is 5.15. The Balaban J connectivity index is 1.98. The average Bonchev–Trinajstić information content (AvgIpc) is 2.38. The smallest absolute Gasteiger partial charge is 0.119 e. The van der Waals surface area contributed by atoms with Gasteiger partial charge >= 0.3 is 0 Å². The van der Waals surface area contributed by atoms with Gasteiger partial charge in [-0.1, -0.05) is 6.07 Å². The normalized spacial score (nSPS) is 28.1. The minimum Gasteiger partial charge on any atom is -0.497 e. The van der Waals surface area contributed by atoms with Crippen molar-refractivity contribution in [1.29, 1.82) is 0 Å². The lowest BCUT2D eigenvalue weighted by Crippen LogP contribution is -2.42. The second-order valence-electron chi connectivity index (χ2n) is 4.91. The standard InChI is InChI=1S/C14H19NO/c1-16-11-6-4-10-5-7-14-12(13(10)9-11)3-2-8-15-14/h4,6,9,12,14-15H,2-3,5,7-8H2,1H3/t12-,14-/m0/s1. The summed E-state index contributed by atoms with van der Waals surface area (Å²) in [7, 11) is 1.75. The lowest BCUT2D eigenvalue weighted by Gasteiger charge is -2.38. The number of nitrogens with one attached hydrogen (secondary N) is 1. The number of benzene rings is 1. The molecule has 2 atom stereocenters. The number of fused-ring (bicyclic) bond motifs is 3. The maximum absolute atomic E-state index is 5.34. The van der Waals surface area contributed by atoms with Crippen molar-refractivity contribution in [3.8, 4) is 5.75 Å². The SMILES string of the molecule is COc1ccc2c(c1)[C@@H]1CCCN[C@H]1CC2. The third-order valence-corrected chi connectivity index (χ3v) is 4.06. The number of hydrogen-bond acceptors (Lipinski definition) is 2. The van der Waals surface area contributed by atoms with Crippen LogP contribution in [0.1, 0.15) is 36.3 Å². The topological polar surface area (TPSA) is 21.3 Å². The molecule has 1 heterocycles. The molecule has 1 aliphatic heterocycles. The van der Waals surface area contributed by atoms with E-state index in [1.165, 1.54) is 43.4 Å². The van der Waals surface area contributed by atoms with Gasteiger partial charge in [-0.3, -0.25) is 0 Å². The Hall–Kier alpha value is -1.02. The number of piperidine rings is 1. The number of rotatable bonds is 1. The largest absolute Gasteiger partial charge is 0.497 e. The molecule has 0 radical (unpaired) electrons. The molecule has 1 aromatic carbocycles. The molecule has 0 bridgehead atoms. The van der Waals surface area contributed by atoms with Crippen molar-refractivity contribution in [3.63, 3.8) is 0 Å². The molecule has 2 nitrogen and oxygen atoms in total. The van der Waals surface area contributed by atoms with Gasteiger partial charge in [-0.15, -0.1) is 0 Å². The Labute approximate surface area is 97.0 Å². The lowest BCUT2D eigenvalue weighted by molar-refractivity contribution is 0.318. The van der Waals surface area contributed by atoms with Gasteiger partial charge in [0.15, 0.2) is 0 Å². The Bertz CT molecular complexity index is 388. The molecule has 0 unspecified atom stereocenters. The first kappa shape index (κ1) is 10.2. The predicted octanol–water partition coefficient (Wildman–Crippen LogP) is 2.48. The van der Waals surface area contributed by atoms with Crippen molar-refractivity contribution in [2.45, 2.75) is 37.6 Å². The van der Waals surface area contributed by atoms with Gasteiger partial charge < -0.3 is 10.1 Å². The van der Waals surface area contributed by atoms with Crippen molar-refractivity contribution in [2.24, 2.45) is 0 Å². The second-order valence-corrected chi connectivity index (χ2v) is 4.91. The highest BCUT2D eigenvalue weighted by molar-refractivity contribution is 5.41. The molecule has 0 aromatic heterocycles. The van der Waals surface area contributed by atoms with Crippen LogP contribution in [0.2, 0.25) is 0 Å². The molecule has 0 spiro atoms. The summed E-state index contributed by atoms with van der Waals surface area (Å²) in [4.78, 5) is 0. The number of aryl methyl sites for hydroxylation is 1. The Morgan fingerprint density at radius 1 is 1.31 bits per heavy atom. The van der Waals surface area contributed by atoms with Crippen molar-refractivity contribution >= 4 is 0 Å². The summed E-state index contributed by atoms with van der Waals surface area (Å²) in [5.41, 5.74) is 3.06. The molecule has 16 heavy (non-hydrogen) atoms. The van der Waals surface area contributed by atoms with E-state index >= 15 is 0 Å². The zero-order valence-electron chi connectivity index (χ0n) is 9.83. The zero-order valence-corrected chi connectivity index (χ0v) is 9.83. The molecule has 0 saturated carbocycles. The summed E-state index contributed by atoms with van der Waals surface area (Å²) < 4.78 is 5.34. The third-order valence-electron chi connectivity index (χ3n) is 4.06. The van der Waals surface area contributed by atoms with E-state index in [4.69, 9.17) is 4.74 Å². The second kappa shape index (κ2) is 4.10. The van der Waals surface area contributed by atoms with Gasteiger partial charge in [0, 0.05) is 6.04 Å². The number of methoxy groups -OCH3 is 1. The average molecular weight is 217 g/mol. The van der Waals surface area contributed by atoms with Crippen LogP contribution in [0.15, 0.2) is 18.2 Å². The Kier molecular flexibility index (Phi) is 2.60. The van der Waals surface area contributed by atoms with Crippen LogP contribution < -0.4 is 10.1 Å². The highest BCUT2D eigenvalue weighted by Gasteiger charge is 2.31. The quantitative estimate of drug-likeness (QED) is 0.780. The van der Waals surface area contributed by atoms with Crippen LogP contribution in [-0.2, 0) is 6.42 Å². The molecule has 1 fully saturated rings. The van der Waals surface area contributed by atoms with Crippen molar-refractivity contribution in [3.05, 3.63) is 29.3 Å². The van der Waals surface area contributed by atoms with Crippen LogP contribution in [0.5, 0.6) is 5.75 Å². The summed E-state index contributed by atoms with van der Waals surface area (Å²) >= 11 is 0. The Morgan fingerprint density at radius 3 is 3.12 bits per heavy atom. The first-order chi connectivity index (χ1) is 7.88. The van der Waals surface area contributed by atoms with Gasteiger partial charge in [0.25, 0.3) is 0 Å². The van der Waals surface area contributed by atoms with E-state index in [2.05, 4.69) is 23.5 Å². The molecular weight excluding hydrogens is 198 g/mol. The predicted molar refractivity (Wildman–Crippen MR) is 65.1 cm³/mol. The van der Waals surface area contributed by atoms with E-state index in [1.807, 2.05) is 0 Å². The highest BCUT2D eigenvalue weighted by Crippen LogP contribution is 2.38. The van der Waals surface area contributed by atoms with Crippen LogP contribution in [0.4, 0.5) is 0 Å². The monoisotopic (exact) mass is 217 g/mol. The van der Waals surface area contributed by atoms with Crippen molar-refractivity contribution in [2.75, 3.05) is 13.7 Å². The number of hydrogen-bond donors (Lipinski definition) is 1. The number of ether oxygens (including phenoxy) is 1. The van der Waals surface area contributed by atoms with Crippen molar-refractivity contribution in [1.82, 2.24) is 5.32 Å². The summed E-state index contributed by atoms with van der Waals surface area (Å²) in [5, 5.41) is 3.66. The molecule has 2 aliphatic rings. The van der Waals surface area contributed by atoms with E-state index < -0.39 is 0 Å². The van der Waals surface area contributed by atoms with Gasteiger partial charge in [-0.25, -0.2) is 0 Å². The summed E-state index contributed by atoms with van der Waals surface area (Å²) in [6, 6.07) is 7.29. The maximum Gasteiger partial charge on any atom is 0.119 e. The van der Waals surface area contributed by atoms with Gasteiger partial charge in [0.2, 0.25) is 0 Å². The fraction of sp³-hybridized carbons (Fsp3) is 0.571. The van der Waals surface area contributed by atoms with E-state index in [9.17, 15) is 0 Å². The molecule has 1 aromatic rings. The maximum atomic E-state index is 5.34. The van der Waals surface area contributed by atoms with Crippen LogP contribution in [0, 0.1) is 0 Å². The van der Waals surface area contributed by atoms with Gasteiger partial charge in [0.1, 0.15) is 5.75 Å². The highest BCUT2D eigenvalue weighted by atomic mass is 16.5. The zero-order chi connectivity index (χ0) is 11.0. The van der Waals surface area contributed by atoms with Crippen LogP contribution in [-0.4, -0.2) is 19.7 Å². The third kappa shape index (κ3) is 1.61. The van der Waals surface area contributed by atoms with E-state index in [1.54, 1.807) is 7.11 Å². The van der Waals surface area contributed by atoms with Crippen molar-refractivity contribution < 1.29 is 4.74 Å². The fourth-order valence-corrected chi connectivity index (χ4v) is 3.21. The van der Waals surface area contributed by atoms with Gasteiger partial charge in [-0.05, 0) is 61.4 Å². The summed E-state index contributed by atoms with van der Waals surface area (Å²) in [6.45, 7) is 1.19. The lowest BCUT2D eigenvalue weighted by atomic mass is 9.75. The first-order valence-corrected chi connectivity index (χ1v) is 6.28. The van der Waals surface area contributed by atoms with E-state index in [0.29, 0.717) is 12.0 Å². The fourth-order valence-electron chi connectivity index (χ4n) is 3.21. The molecule has 2 heteroatoms. The molecule has 86 valence electrons. The minimum absolute atomic E-state index is 0.702. The van der Waals surface area contributed by atoms with Gasteiger partial charge in [-0.2, -0.15) is 0 Å². The van der Waals surface area contributed by atoms with Crippen LogP contribution in [0.3, 0.4) is 0 Å². The summed E-state index contributed by atoms with van der Waals surface area (Å²) in [5.74, 6) is 1.72. The molecule has 0 amide bonds. The van der Waals surface area contributed by atoms with E-state index in [0.717, 1.165) is 5.75 Å². The molecule has 1 N–H and O–H groups in total. The Morgan fingerprint density at radius 2 is 2.25 bits per heavy atom. The molecule has 3 rings (SSSR count). The van der Waals surface area contributed by atoms with Crippen LogP contribution in [0.25, 0.3) is 0 Å².